The molecule has 71 heavy (non-hydrogen) atoms. The Bertz CT molecular complexity index is 2710. The lowest BCUT2D eigenvalue weighted by molar-refractivity contribution is 0.683. The average Bonchev–Trinajstić information content (AvgIpc) is 3.36. The smallest absolute Gasteiger partial charge is 0.0423 e. The van der Waals surface area contributed by atoms with Crippen LogP contribution in [0.2, 0.25) is 0 Å². The van der Waals surface area contributed by atoms with Gasteiger partial charge in [-0.1, -0.05) is 215 Å². The van der Waals surface area contributed by atoms with Crippen molar-refractivity contribution in [3.63, 3.8) is 0 Å². The van der Waals surface area contributed by atoms with E-state index in [-0.39, 0.29) is 0 Å². The Hall–Kier alpha value is -7.02. The van der Waals surface area contributed by atoms with Crippen molar-refractivity contribution >= 4 is 0 Å². The van der Waals surface area contributed by atoms with E-state index in [1.54, 1.807) is 0 Å². The number of benzene rings is 9. The van der Waals surface area contributed by atoms with Gasteiger partial charge in [0.1, 0.15) is 0 Å². The molecule has 0 radical (unpaired) electrons. The molecule has 0 heterocycles. The van der Waals surface area contributed by atoms with E-state index in [1.807, 2.05) is 0 Å². The molecule has 9 rings (SSSR count). The minimum absolute atomic E-state index is 0.548. The van der Waals surface area contributed by atoms with Gasteiger partial charge in [0.15, 0.2) is 0 Å². The Labute approximate surface area is 426 Å². The largest absolute Gasteiger partial charge is 0.0590 e. The van der Waals surface area contributed by atoms with Crippen LogP contribution in [-0.4, -0.2) is 0 Å². The van der Waals surface area contributed by atoms with Crippen LogP contribution in [0.15, 0.2) is 182 Å². The predicted octanol–water partition coefficient (Wildman–Crippen LogP) is 17.4. The molecular formula is C71H72. The first-order valence-corrected chi connectivity index (χ1v) is 25.9. The van der Waals surface area contributed by atoms with E-state index in [4.69, 9.17) is 0 Å². The van der Waals surface area contributed by atoms with Crippen LogP contribution in [0.3, 0.4) is 0 Å². The third-order valence-corrected chi connectivity index (χ3v) is 15.7. The van der Waals surface area contributed by atoms with E-state index in [0.717, 1.165) is 38.5 Å². The van der Waals surface area contributed by atoms with Gasteiger partial charge in [-0.2, -0.15) is 0 Å². The van der Waals surface area contributed by atoms with Crippen molar-refractivity contribution in [2.24, 2.45) is 0 Å². The topological polar surface area (TPSA) is 0 Å². The van der Waals surface area contributed by atoms with E-state index >= 15 is 0 Å². The lowest BCUT2D eigenvalue weighted by atomic mass is 9.67. The van der Waals surface area contributed by atoms with Crippen molar-refractivity contribution in [3.8, 4) is 0 Å². The highest BCUT2D eigenvalue weighted by molar-refractivity contribution is 5.60. The molecule has 0 nitrogen and oxygen atoms in total. The molecule has 0 aliphatic carbocycles. The van der Waals surface area contributed by atoms with E-state index in [9.17, 15) is 0 Å². The summed E-state index contributed by atoms with van der Waals surface area (Å²) < 4.78 is 0. The Morgan fingerprint density at radius 2 is 0.366 bits per heavy atom. The highest BCUT2D eigenvalue weighted by atomic mass is 14.4. The molecule has 9 aromatic rings. The standard InChI is InChI=1S/C71H72/c1-47-11-23-56(24-12-47)35-62-41-68(42-63(53(62)7)36-57-25-13-48(2)14-26-57)71(10,69-43-64(37-58-27-15-49(3)16-28-58)54(8)65(44-69)38-59-29-17-50(4)18-30-59)70-45-66(39-60-31-19-51(5)20-32-60)55(9)67(46-70)40-61-33-21-52(6)22-34-61/h11-34,41-46H,35-40H2,1-10H3. The fourth-order valence-electron chi connectivity index (χ4n) is 10.5. The van der Waals surface area contributed by atoms with E-state index in [1.165, 1.54) is 134 Å². The first-order valence-electron chi connectivity index (χ1n) is 25.9. The summed E-state index contributed by atoms with van der Waals surface area (Å²) in [6.45, 7) is 22.8. The van der Waals surface area contributed by atoms with Gasteiger partial charge in [0.2, 0.25) is 0 Å². The molecule has 0 bridgehead atoms. The van der Waals surface area contributed by atoms with Crippen LogP contribution in [0.1, 0.15) is 140 Å². The van der Waals surface area contributed by atoms with Crippen LogP contribution in [0, 0.1) is 62.3 Å². The fraction of sp³-hybridized carbons (Fsp3) is 0.239. The summed E-state index contributed by atoms with van der Waals surface area (Å²) >= 11 is 0. The van der Waals surface area contributed by atoms with Crippen LogP contribution < -0.4 is 0 Å². The summed E-state index contributed by atoms with van der Waals surface area (Å²) in [5.74, 6) is 0. The van der Waals surface area contributed by atoms with Gasteiger partial charge in [0.25, 0.3) is 0 Å². The van der Waals surface area contributed by atoms with Gasteiger partial charge in [-0.05, 0) is 208 Å². The molecule has 0 spiro atoms. The highest BCUT2D eigenvalue weighted by Gasteiger charge is 2.35. The van der Waals surface area contributed by atoms with Crippen LogP contribution in [0.4, 0.5) is 0 Å². The molecule has 0 aromatic heterocycles. The quantitative estimate of drug-likeness (QED) is 0.0899. The summed E-state index contributed by atoms with van der Waals surface area (Å²) in [5, 5.41) is 0. The normalized spacial score (nSPS) is 11.6. The van der Waals surface area contributed by atoms with Gasteiger partial charge < -0.3 is 0 Å². The monoisotopic (exact) mass is 925 g/mol. The first kappa shape index (κ1) is 49.0. The summed E-state index contributed by atoms with van der Waals surface area (Å²) in [6, 6.07) is 70.6. The maximum atomic E-state index is 2.59. The van der Waals surface area contributed by atoms with E-state index in [2.05, 4.69) is 251 Å². The summed E-state index contributed by atoms with van der Waals surface area (Å²) in [7, 11) is 0. The third-order valence-electron chi connectivity index (χ3n) is 15.7. The second-order valence-corrected chi connectivity index (χ2v) is 21.4. The lowest BCUT2D eigenvalue weighted by Gasteiger charge is -2.36. The van der Waals surface area contributed by atoms with Crippen LogP contribution in [0.5, 0.6) is 0 Å². The lowest BCUT2D eigenvalue weighted by Crippen LogP contribution is -2.28. The fourth-order valence-corrected chi connectivity index (χ4v) is 10.5. The zero-order valence-corrected chi connectivity index (χ0v) is 44.1. The number of hydrogen-bond donors (Lipinski definition) is 0. The predicted molar refractivity (Wildman–Crippen MR) is 303 cm³/mol. The van der Waals surface area contributed by atoms with Crippen molar-refractivity contribution in [3.05, 3.63) is 316 Å². The van der Waals surface area contributed by atoms with Crippen LogP contribution >= 0.6 is 0 Å². The van der Waals surface area contributed by atoms with Crippen molar-refractivity contribution in [1.82, 2.24) is 0 Å². The zero-order chi connectivity index (χ0) is 49.8. The molecule has 9 aromatic carbocycles. The number of rotatable bonds is 15. The van der Waals surface area contributed by atoms with Gasteiger partial charge in [-0.3, -0.25) is 0 Å². The average molecular weight is 925 g/mol. The van der Waals surface area contributed by atoms with Crippen LogP contribution in [-0.2, 0) is 43.9 Å². The maximum absolute atomic E-state index is 2.59. The van der Waals surface area contributed by atoms with Gasteiger partial charge in [0, 0.05) is 5.41 Å². The van der Waals surface area contributed by atoms with E-state index in [0.29, 0.717) is 0 Å². The molecule has 0 saturated carbocycles. The van der Waals surface area contributed by atoms with Gasteiger partial charge in [-0.25, -0.2) is 0 Å². The second-order valence-electron chi connectivity index (χ2n) is 21.4. The Balaban J connectivity index is 1.34. The molecule has 356 valence electrons. The van der Waals surface area contributed by atoms with Crippen molar-refractivity contribution in [2.75, 3.05) is 0 Å². The van der Waals surface area contributed by atoms with Crippen molar-refractivity contribution < 1.29 is 0 Å². The first-order chi connectivity index (χ1) is 34.2. The number of aryl methyl sites for hydroxylation is 6. The molecule has 0 unspecified atom stereocenters. The molecule has 0 aliphatic rings. The van der Waals surface area contributed by atoms with Crippen LogP contribution in [0.25, 0.3) is 0 Å². The zero-order valence-electron chi connectivity index (χ0n) is 44.1. The third kappa shape index (κ3) is 11.5. The number of hydrogen-bond acceptors (Lipinski definition) is 0. The Morgan fingerprint density at radius 1 is 0.225 bits per heavy atom. The van der Waals surface area contributed by atoms with E-state index < -0.39 is 5.41 Å². The second kappa shape index (κ2) is 21.1. The Kier molecular flexibility index (Phi) is 14.6. The molecule has 0 N–H and O–H groups in total. The molecule has 0 atom stereocenters. The molecule has 0 amide bonds. The maximum Gasteiger partial charge on any atom is 0.0423 e. The molecule has 0 fully saturated rings. The van der Waals surface area contributed by atoms with Gasteiger partial charge >= 0.3 is 0 Å². The Morgan fingerprint density at radius 3 is 0.507 bits per heavy atom. The molecule has 0 aliphatic heterocycles. The van der Waals surface area contributed by atoms with Gasteiger partial charge in [0.05, 0.1) is 0 Å². The summed E-state index contributed by atoms with van der Waals surface area (Å²) in [5.41, 5.74) is 31.7. The molecule has 0 saturated heterocycles. The minimum Gasteiger partial charge on any atom is -0.0590 e. The highest BCUT2D eigenvalue weighted by Crippen LogP contribution is 2.44. The van der Waals surface area contributed by atoms with Crippen molar-refractivity contribution in [2.45, 2.75) is 113 Å². The van der Waals surface area contributed by atoms with Gasteiger partial charge in [-0.15, -0.1) is 0 Å². The molecular weight excluding hydrogens is 853 g/mol. The summed E-state index contributed by atoms with van der Waals surface area (Å²) in [6.07, 6.45) is 5.21. The minimum atomic E-state index is -0.548. The van der Waals surface area contributed by atoms with Crippen molar-refractivity contribution in [1.29, 1.82) is 0 Å². The molecule has 0 heteroatoms. The summed E-state index contributed by atoms with van der Waals surface area (Å²) in [4.78, 5) is 0. The SMILES string of the molecule is Cc1ccc(Cc2cc(C(C)(c3cc(Cc4ccc(C)cc4)c(C)c(Cc4ccc(C)cc4)c3)c3cc(Cc4ccc(C)cc4)c(C)c(Cc4ccc(C)cc4)c3)cc(Cc3ccc(C)cc3)c2C)cc1.